The third kappa shape index (κ3) is 6.08. The van der Waals surface area contributed by atoms with Crippen LogP contribution in [0.25, 0.3) is 82.1 Å². The van der Waals surface area contributed by atoms with E-state index in [4.69, 9.17) is 0 Å². The van der Waals surface area contributed by atoms with Gasteiger partial charge in [0.25, 0.3) is 0 Å². The van der Waals surface area contributed by atoms with Crippen LogP contribution in [0.3, 0.4) is 0 Å². The van der Waals surface area contributed by atoms with Crippen LogP contribution in [-0.4, -0.2) is 4.57 Å². The lowest BCUT2D eigenvalue weighted by atomic mass is 9.85. The van der Waals surface area contributed by atoms with E-state index < -0.39 is 0 Å². The van der Waals surface area contributed by atoms with Crippen LogP contribution in [0.2, 0.25) is 0 Å². The highest BCUT2D eigenvalue weighted by molar-refractivity contribution is 6.28. The van der Waals surface area contributed by atoms with E-state index >= 15 is 0 Å². The average molecular weight is 799 g/mol. The number of fused-ring (bicyclic) bond motifs is 3. The largest absolute Gasteiger partial charge is 0.309 e. The Labute approximate surface area is 364 Å². The van der Waals surface area contributed by atoms with Crippen molar-refractivity contribution in [2.45, 2.75) is 52.4 Å². The van der Waals surface area contributed by atoms with E-state index in [2.05, 4.69) is 245 Å². The van der Waals surface area contributed by atoms with E-state index in [1.807, 2.05) is 0 Å². The molecule has 62 heavy (non-hydrogen) atoms. The summed E-state index contributed by atoms with van der Waals surface area (Å²) < 4.78 is 2.52. The maximum absolute atomic E-state index is 2.52. The molecule has 0 aliphatic rings. The maximum atomic E-state index is 2.52. The van der Waals surface area contributed by atoms with Gasteiger partial charge in [-0.3, -0.25) is 0 Å². The summed E-state index contributed by atoms with van der Waals surface area (Å²) in [4.78, 5) is 2.50. The van der Waals surface area contributed by atoms with Crippen molar-refractivity contribution in [2.24, 2.45) is 0 Å². The van der Waals surface area contributed by atoms with Crippen LogP contribution in [0.1, 0.15) is 52.7 Å². The molecule has 11 rings (SSSR count). The summed E-state index contributed by atoms with van der Waals surface area (Å²) in [5.41, 5.74) is 14.6. The Morgan fingerprint density at radius 3 is 1.31 bits per heavy atom. The molecule has 0 aliphatic heterocycles. The smallest absolute Gasteiger partial charge is 0.0541 e. The Hall–Kier alpha value is -7.16. The third-order valence-corrected chi connectivity index (χ3v) is 13.1. The van der Waals surface area contributed by atoms with Gasteiger partial charge in [0.1, 0.15) is 0 Å². The first-order valence-corrected chi connectivity index (χ1v) is 21.9. The molecule has 10 aromatic carbocycles. The Morgan fingerprint density at radius 2 is 0.790 bits per heavy atom. The minimum absolute atomic E-state index is 0.0338. The Balaban J connectivity index is 1.20. The molecule has 11 aromatic rings. The highest BCUT2D eigenvalue weighted by Crippen LogP contribution is 2.49. The molecule has 0 fully saturated rings. The Morgan fingerprint density at radius 1 is 0.355 bits per heavy atom. The molecule has 0 atom stereocenters. The summed E-state index contributed by atoms with van der Waals surface area (Å²) in [6.45, 7) is 13.9. The second-order valence-electron chi connectivity index (χ2n) is 19.0. The number of para-hydroxylation sites is 2. The minimum atomic E-state index is 0.0338. The van der Waals surface area contributed by atoms with Crippen LogP contribution in [-0.2, 0) is 10.8 Å². The van der Waals surface area contributed by atoms with Gasteiger partial charge in [0, 0.05) is 32.7 Å². The fourth-order valence-corrected chi connectivity index (χ4v) is 9.83. The normalized spacial score (nSPS) is 12.4. The van der Waals surface area contributed by atoms with Crippen molar-refractivity contribution in [2.75, 3.05) is 4.90 Å². The second-order valence-corrected chi connectivity index (χ2v) is 19.0. The molecule has 300 valence electrons. The van der Waals surface area contributed by atoms with Crippen LogP contribution in [0.15, 0.2) is 194 Å². The summed E-state index contributed by atoms with van der Waals surface area (Å²) in [6.07, 6.45) is 0. The SMILES string of the molecule is CC(C)(C)c1ccc2c(c1)c1cc(C(C)(C)C)ccc1n2-c1ccc2ccc3c(N(c4ccccc4-c4ccccc4)c4ccccc4-c4ccccc4)ccc4ccc1c2c43. The van der Waals surface area contributed by atoms with E-state index in [0.717, 1.165) is 17.1 Å². The zero-order valence-corrected chi connectivity index (χ0v) is 36.4. The standard InChI is InChI=1S/C60H50N2/c1-59(2,3)43-29-35-55-49(37-43)50-38-44(60(4,5)6)30-36-56(50)62(55)54-34-28-42-25-31-47-53(33-27-41-26-32-48(54)58(42)57(41)47)61(51-23-15-13-21-45(51)39-17-9-7-10-18-39)52-24-16-14-22-46(52)40-19-11-8-12-20-40/h7-38H,1-6H3. The molecule has 0 spiro atoms. The molecule has 0 N–H and O–H groups in total. The number of anilines is 3. The number of aromatic nitrogens is 1. The van der Waals surface area contributed by atoms with E-state index in [9.17, 15) is 0 Å². The monoisotopic (exact) mass is 798 g/mol. The summed E-state index contributed by atoms with van der Waals surface area (Å²) in [5.74, 6) is 0. The van der Waals surface area contributed by atoms with Gasteiger partial charge in [-0.15, -0.1) is 0 Å². The van der Waals surface area contributed by atoms with Gasteiger partial charge >= 0.3 is 0 Å². The minimum Gasteiger partial charge on any atom is -0.309 e. The molecule has 2 nitrogen and oxygen atoms in total. The molecular formula is C60H50N2. The predicted octanol–water partition coefficient (Wildman–Crippen LogP) is 17.1. The first-order chi connectivity index (χ1) is 30.0. The fraction of sp³-hybridized carbons (Fsp3) is 0.133. The molecule has 0 bridgehead atoms. The van der Waals surface area contributed by atoms with Gasteiger partial charge in [0.05, 0.1) is 33.8 Å². The fourth-order valence-electron chi connectivity index (χ4n) is 9.83. The number of benzene rings is 10. The number of hydrogen-bond donors (Lipinski definition) is 0. The van der Waals surface area contributed by atoms with Crippen LogP contribution in [0.4, 0.5) is 17.1 Å². The predicted molar refractivity (Wildman–Crippen MR) is 267 cm³/mol. The maximum Gasteiger partial charge on any atom is 0.0541 e. The average Bonchev–Trinajstić information content (AvgIpc) is 3.62. The molecule has 1 heterocycles. The quantitative estimate of drug-likeness (QED) is 0.152. The molecule has 0 unspecified atom stereocenters. The number of hydrogen-bond acceptors (Lipinski definition) is 1. The summed E-state index contributed by atoms with van der Waals surface area (Å²) >= 11 is 0. The molecular weight excluding hydrogens is 749 g/mol. The van der Waals surface area contributed by atoms with Crippen molar-refractivity contribution in [3.63, 3.8) is 0 Å². The molecule has 0 saturated heterocycles. The van der Waals surface area contributed by atoms with E-state index in [-0.39, 0.29) is 10.8 Å². The van der Waals surface area contributed by atoms with Gasteiger partial charge in [-0.1, -0.05) is 187 Å². The lowest BCUT2D eigenvalue weighted by Gasteiger charge is -2.31. The topological polar surface area (TPSA) is 8.17 Å². The van der Waals surface area contributed by atoms with Crippen LogP contribution < -0.4 is 4.90 Å². The van der Waals surface area contributed by atoms with Crippen molar-refractivity contribution >= 4 is 71.2 Å². The highest BCUT2D eigenvalue weighted by atomic mass is 15.1. The lowest BCUT2D eigenvalue weighted by Crippen LogP contribution is -2.13. The molecule has 0 saturated carbocycles. The van der Waals surface area contributed by atoms with Gasteiger partial charge < -0.3 is 9.47 Å². The molecule has 0 radical (unpaired) electrons. The molecule has 0 amide bonds. The van der Waals surface area contributed by atoms with Gasteiger partial charge in [0.2, 0.25) is 0 Å². The van der Waals surface area contributed by atoms with Crippen LogP contribution in [0, 0.1) is 0 Å². The highest BCUT2D eigenvalue weighted by Gasteiger charge is 2.25. The Bertz CT molecular complexity index is 3310. The zero-order chi connectivity index (χ0) is 42.3. The van der Waals surface area contributed by atoms with Gasteiger partial charge in [0.15, 0.2) is 0 Å². The van der Waals surface area contributed by atoms with Crippen molar-refractivity contribution in [3.8, 4) is 27.9 Å². The van der Waals surface area contributed by atoms with E-state index in [1.54, 1.807) is 0 Å². The summed E-state index contributed by atoms with van der Waals surface area (Å²) in [5, 5.41) is 10.1. The van der Waals surface area contributed by atoms with Gasteiger partial charge in [-0.25, -0.2) is 0 Å². The van der Waals surface area contributed by atoms with Crippen molar-refractivity contribution in [3.05, 3.63) is 205 Å². The van der Waals surface area contributed by atoms with Crippen LogP contribution >= 0.6 is 0 Å². The first kappa shape index (κ1) is 37.8. The zero-order valence-electron chi connectivity index (χ0n) is 36.4. The molecule has 0 aliphatic carbocycles. The lowest BCUT2D eigenvalue weighted by molar-refractivity contribution is 0.590. The summed E-state index contributed by atoms with van der Waals surface area (Å²) in [7, 11) is 0. The molecule has 1 aromatic heterocycles. The van der Waals surface area contributed by atoms with Crippen molar-refractivity contribution in [1.82, 2.24) is 4.57 Å². The Kier molecular flexibility index (Phi) is 8.67. The van der Waals surface area contributed by atoms with Crippen LogP contribution in [0.5, 0.6) is 0 Å². The number of rotatable bonds is 6. The second kappa shape index (κ2) is 14.2. The van der Waals surface area contributed by atoms with E-state index in [1.165, 1.54) is 93.2 Å². The van der Waals surface area contributed by atoms with Crippen molar-refractivity contribution in [1.29, 1.82) is 0 Å². The number of nitrogens with zero attached hydrogens (tertiary/aromatic N) is 2. The van der Waals surface area contributed by atoms with Crippen molar-refractivity contribution < 1.29 is 0 Å². The summed E-state index contributed by atoms with van der Waals surface area (Å²) in [6, 6.07) is 72.3. The molecule has 2 heteroatoms. The van der Waals surface area contributed by atoms with E-state index in [0.29, 0.717) is 0 Å². The van der Waals surface area contributed by atoms with Gasteiger partial charge in [-0.05, 0) is 103 Å². The third-order valence-electron chi connectivity index (χ3n) is 13.1. The first-order valence-electron chi connectivity index (χ1n) is 21.9. The van der Waals surface area contributed by atoms with Gasteiger partial charge in [-0.2, -0.15) is 0 Å².